The number of anilines is 1. The van der Waals surface area contributed by atoms with Gasteiger partial charge in [-0.15, -0.1) is 0 Å². The molecule has 0 spiro atoms. The Bertz CT molecular complexity index is 1330. The third-order valence-electron chi connectivity index (χ3n) is 5.82. The van der Waals surface area contributed by atoms with Crippen molar-refractivity contribution in [2.75, 3.05) is 19.0 Å². The summed E-state index contributed by atoms with van der Waals surface area (Å²) in [4.78, 5) is 33.6. The Balaban J connectivity index is 1.47. The summed E-state index contributed by atoms with van der Waals surface area (Å²) in [7, 11) is 1.62. The van der Waals surface area contributed by atoms with E-state index in [0.29, 0.717) is 34.3 Å². The van der Waals surface area contributed by atoms with Gasteiger partial charge in [-0.05, 0) is 43.2 Å². The summed E-state index contributed by atoms with van der Waals surface area (Å²) >= 11 is 6.05. The molecule has 0 bridgehead atoms. The monoisotopic (exact) mass is 506 g/mol. The van der Waals surface area contributed by atoms with E-state index in [-0.39, 0.29) is 24.3 Å². The molecule has 0 fully saturated rings. The number of hydrogen-bond donors (Lipinski definition) is 4. The van der Waals surface area contributed by atoms with Gasteiger partial charge in [0.1, 0.15) is 5.82 Å². The molecule has 0 radical (unpaired) electrons. The Morgan fingerprint density at radius 1 is 1.31 bits per heavy atom. The number of aliphatic hydroxyl groups is 1. The van der Waals surface area contributed by atoms with Crippen LogP contribution in [0.5, 0.6) is 0 Å². The fourth-order valence-corrected chi connectivity index (χ4v) is 4.04. The van der Waals surface area contributed by atoms with Crippen LogP contribution in [-0.2, 0) is 4.79 Å². The van der Waals surface area contributed by atoms with Crippen LogP contribution in [0.15, 0.2) is 72.8 Å². The number of hydrogen-bond acceptors (Lipinski definition) is 6. The number of carbonyl (C=O) groups excluding carboxylic acids is 2. The maximum atomic E-state index is 12.9. The number of rotatable bonds is 8. The number of allylic oxidation sites excluding steroid dienone is 2. The van der Waals surface area contributed by atoms with Crippen molar-refractivity contribution in [3.63, 3.8) is 0 Å². The third-order valence-corrected chi connectivity index (χ3v) is 6.06. The number of aryl methyl sites for hydroxylation is 1. The molecule has 2 amide bonds. The Morgan fingerprint density at radius 3 is 2.83 bits per heavy atom. The molecule has 36 heavy (non-hydrogen) atoms. The first-order valence-electron chi connectivity index (χ1n) is 11.4. The molecule has 186 valence electrons. The lowest BCUT2D eigenvalue weighted by molar-refractivity contribution is -0.123. The van der Waals surface area contributed by atoms with Crippen molar-refractivity contribution in [3.05, 3.63) is 94.6 Å². The van der Waals surface area contributed by atoms with E-state index in [0.717, 1.165) is 11.3 Å². The lowest BCUT2D eigenvalue weighted by atomic mass is 9.98. The van der Waals surface area contributed by atoms with Gasteiger partial charge in [0.25, 0.3) is 5.91 Å². The van der Waals surface area contributed by atoms with Gasteiger partial charge in [-0.3, -0.25) is 9.59 Å². The molecule has 9 nitrogen and oxygen atoms in total. The second-order valence-electron chi connectivity index (χ2n) is 8.37. The van der Waals surface area contributed by atoms with E-state index in [1.807, 2.05) is 25.2 Å². The number of aromatic nitrogens is 3. The van der Waals surface area contributed by atoms with Crippen LogP contribution >= 0.6 is 11.6 Å². The van der Waals surface area contributed by atoms with Crippen molar-refractivity contribution in [1.29, 1.82) is 0 Å². The molecule has 1 unspecified atom stereocenters. The number of benzene rings is 1. The van der Waals surface area contributed by atoms with Crippen molar-refractivity contribution in [1.82, 2.24) is 25.2 Å². The first-order chi connectivity index (χ1) is 17.4. The zero-order chi connectivity index (χ0) is 25.7. The molecule has 0 saturated heterocycles. The highest BCUT2D eigenvalue weighted by Gasteiger charge is 2.18. The molecule has 10 heteroatoms. The lowest BCUT2D eigenvalue weighted by Gasteiger charge is -2.16. The number of carbonyl (C=O) groups is 2. The summed E-state index contributed by atoms with van der Waals surface area (Å²) in [5, 5.41) is 19.0. The van der Waals surface area contributed by atoms with Gasteiger partial charge >= 0.3 is 0 Å². The van der Waals surface area contributed by atoms with Crippen LogP contribution in [0.2, 0.25) is 5.02 Å². The van der Waals surface area contributed by atoms with E-state index in [1.165, 1.54) is 0 Å². The Kier molecular flexibility index (Phi) is 7.82. The summed E-state index contributed by atoms with van der Waals surface area (Å²) in [5.41, 5.74) is 2.76. The molecule has 2 atom stereocenters. The van der Waals surface area contributed by atoms with Gasteiger partial charge in [0, 0.05) is 41.9 Å². The lowest BCUT2D eigenvalue weighted by Crippen LogP contribution is -2.30. The van der Waals surface area contributed by atoms with Crippen LogP contribution in [-0.4, -0.2) is 45.1 Å². The first kappa shape index (κ1) is 25.2. The number of nitrogens with one attached hydrogen (secondary N) is 3. The highest BCUT2D eigenvalue weighted by Crippen LogP contribution is 2.21. The Morgan fingerprint density at radius 2 is 2.14 bits per heavy atom. The van der Waals surface area contributed by atoms with Crippen molar-refractivity contribution in [2.45, 2.75) is 19.4 Å². The van der Waals surface area contributed by atoms with Gasteiger partial charge in [-0.2, -0.15) is 4.98 Å². The molecule has 4 N–H and O–H groups in total. The molecule has 2 heterocycles. The van der Waals surface area contributed by atoms with Crippen molar-refractivity contribution in [2.24, 2.45) is 5.92 Å². The molecule has 1 aliphatic rings. The normalized spacial score (nSPS) is 15.7. The SMILES string of the molecule is CNC(=O)[C@@H]1C=CC(Nc2ncc(C)c(-n3ccc(C(=O)NC(CO)c4cccc(Cl)c4)c3)n2)=CC1. The van der Waals surface area contributed by atoms with E-state index in [2.05, 4.69) is 25.9 Å². The molecule has 3 aromatic rings. The summed E-state index contributed by atoms with van der Waals surface area (Å²) in [5.74, 6) is 0.458. The van der Waals surface area contributed by atoms with Gasteiger partial charge in [-0.1, -0.05) is 35.9 Å². The minimum absolute atomic E-state index is 0.0271. The number of amides is 2. The summed E-state index contributed by atoms with van der Waals surface area (Å²) in [6.07, 6.45) is 11.3. The smallest absolute Gasteiger partial charge is 0.253 e. The van der Waals surface area contributed by atoms with E-state index in [4.69, 9.17) is 11.6 Å². The Hall–Kier alpha value is -3.95. The predicted octanol–water partition coefficient (Wildman–Crippen LogP) is 3.31. The topological polar surface area (TPSA) is 121 Å². The molecule has 1 aromatic carbocycles. The average Bonchev–Trinajstić information content (AvgIpc) is 3.38. The fourth-order valence-electron chi connectivity index (χ4n) is 3.84. The van der Waals surface area contributed by atoms with E-state index in [1.54, 1.807) is 60.5 Å². The van der Waals surface area contributed by atoms with Gasteiger partial charge < -0.3 is 25.6 Å². The van der Waals surface area contributed by atoms with Crippen LogP contribution in [0.4, 0.5) is 5.95 Å². The maximum Gasteiger partial charge on any atom is 0.253 e. The zero-order valence-electron chi connectivity index (χ0n) is 19.9. The van der Waals surface area contributed by atoms with Crippen molar-refractivity contribution < 1.29 is 14.7 Å². The summed E-state index contributed by atoms with van der Waals surface area (Å²) in [6.45, 7) is 1.62. The largest absolute Gasteiger partial charge is 0.394 e. The van der Waals surface area contributed by atoms with E-state index >= 15 is 0 Å². The van der Waals surface area contributed by atoms with Crippen LogP contribution in [0, 0.1) is 12.8 Å². The second kappa shape index (κ2) is 11.2. The first-order valence-corrected chi connectivity index (χ1v) is 11.8. The van der Waals surface area contributed by atoms with Crippen molar-refractivity contribution >= 4 is 29.4 Å². The van der Waals surface area contributed by atoms with Gasteiger partial charge in [-0.25, -0.2) is 4.98 Å². The summed E-state index contributed by atoms with van der Waals surface area (Å²) in [6, 6.07) is 8.11. The highest BCUT2D eigenvalue weighted by atomic mass is 35.5. The quantitative estimate of drug-likeness (QED) is 0.372. The van der Waals surface area contributed by atoms with E-state index in [9.17, 15) is 14.7 Å². The third kappa shape index (κ3) is 5.81. The summed E-state index contributed by atoms with van der Waals surface area (Å²) < 4.78 is 1.75. The Labute approximate surface area is 213 Å². The molecular weight excluding hydrogens is 480 g/mol. The average molecular weight is 507 g/mol. The second-order valence-corrected chi connectivity index (χ2v) is 8.81. The van der Waals surface area contributed by atoms with Crippen LogP contribution in [0.1, 0.15) is 33.9 Å². The highest BCUT2D eigenvalue weighted by molar-refractivity contribution is 6.30. The van der Waals surface area contributed by atoms with Gasteiger partial charge in [0.2, 0.25) is 11.9 Å². The number of aliphatic hydroxyl groups excluding tert-OH is 1. The minimum atomic E-state index is -0.587. The van der Waals surface area contributed by atoms with Gasteiger partial charge in [0.05, 0.1) is 24.1 Å². The van der Waals surface area contributed by atoms with Crippen LogP contribution in [0.25, 0.3) is 5.82 Å². The molecule has 0 aliphatic heterocycles. The minimum Gasteiger partial charge on any atom is -0.394 e. The number of nitrogens with zero attached hydrogens (tertiary/aromatic N) is 3. The van der Waals surface area contributed by atoms with Crippen molar-refractivity contribution in [3.8, 4) is 5.82 Å². The molecule has 0 saturated carbocycles. The molecule has 4 rings (SSSR count). The molecule has 1 aliphatic carbocycles. The van der Waals surface area contributed by atoms with Crippen LogP contribution < -0.4 is 16.0 Å². The fraction of sp³-hybridized carbons (Fsp3) is 0.231. The standard InChI is InChI=1S/C26H27ClN6O3/c1-16-13-29-26(30-21-8-6-17(7-9-21)24(35)28-2)32-23(16)33-11-10-19(14-33)25(36)31-22(15-34)18-4-3-5-20(27)12-18/h3-6,8-14,17,22,34H,7,15H2,1-2H3,(H,28,35)(H,31,36)(H,29,30,32)/t17-,22?/m1/s1. The van der Waals surface area contributed by atoms with Gasteiger partial charge in [0.15, 0.2) is 0 Å². The maximum absolute atomic E-state index is 12.9. The van der Waals surface area contributed by atoms with E-state index < -0.39 is 6.04 Å². The zero-order valence-corrected chi connectivity index (χ0v) is 20.7. The molecule has 2 aromatic heterocycles. The number of halogens is 1. The van der Waals surface area contributed by atoms with Crippen LogP contribution in [0.3, 0.4) is 0 Å². The predicted molar refractivity (Wildman–Crippen MR) is 138 cm³/mol. The molecular formula is C26H27ClN6O3.